The van der Waals surface area contributed by atoms with Crippen LogP contribution in [0.2, 0.25) is 14.8 Å². The van der Waals surface area contributed by atoms with Gasteiger partial charge in [-0.1, -0.05) is 0 Å². The predicted octanol–water partition coefficient (Wildman–Crippen LogP) is 5.83. The molecule has 1 aromatic carbocycles. The molecule has 1 aromatic heterocycles. The first-order chi connectivity index (χ1) is 12.5. The van der Waals surface area contributed by atoms with Crippen molar-refractivity contribution in [3.8, 4) is 11.5 Å². The Morgan fingerprint density at radius 2 is 1.73 bits per heavy atom. The van der Waals surface area contributed by atoms with Gasteiger partial charge in [-0.2, -0.15) is 0 Å². The molecule has 0 N–H and O–H groups in total. The van der Waals surface area contributed by atoms with Gasteiger partial charge in [0.15, 0.2) is 0 Å². The quantitative estimate of drug-likeness (QED) is 0.511. The molecule has 0 unspecified atom stereocenters. The molecule has 1 saturated carbocycles. The zero-order valence-electron chi connectivity index (χ0n) is 16.3. The van der Waals surface area contributed by atoms with Gasteiger partial charge in [0.1, 0.15) is 0 Å². The van der Waals surface area contributed by atoms with Crippen LogP contribution in [0.5, 0.6) is 11.5 Å². The number of pyridine rings is 1. The van der Waals surface area contributed by atoms with Crippen molar-refractivity contribution in [3.63, 3.8) is 0 Å². The third-order valence-corrected chi connectivity index (χ3v) is 10.7. The van der Waals surface area contributed by atoms with Gasteiger partial charge in [-0.05, 0) is 0 Å². The SMILES string of the molecule is COc1ccc(C=[C](c2ccncc2)[Sn]([CH3])([CH3])[CH3])cc1OC1CCCC1. The zero-order valence-corrected chi connectivity index (χ0v) is 19.1. The number of methoxy groups -OCH3 is 1. The van der Waals surface area contributed by atoms with Crippen molar-refractivity contribution in [2.45, 2.75) is 46.6 Å². The van der Waals surface area contributed by atoms with Gasteiger partial charge in [-0.15, -0.1) is 0 Å². The molecule has 1 aliphatic carbocycles. The van der Waals surface area contributed by atoms with Crippen LogP contribution in [0.4, 0.5) is 0 Å². The Morgan fingerprint density at radius 1 is 1.04 bits per heavy atom. The maximum absolute atomic E-state index is 6.26. The van der Waals surface area contributed by atoms with Crippen LogP contribution >= 0.6 is 0 Å². The van der Waals surface area contributed by atoms with E-state index in [1.54, 1.807) is 7.11 Å². The fourth-order valence-corrected chi connectivity index (χ4v) is 8.15. The van der Waals surface area contributed by atoms with Gasteiger partial charge in [0.05, 0.1) is 0 Å². The topological polar surface area (TPSA) is 31.4 Å². The first kappa shape index (κ1) is 19.3. The van der Waals surface area contributed by atoms with E-state index in [2.05, 4.69) is 50.1 Å². The third kappa shape index (κ3) is 4.81. The molecule has 0 spiro atoms. The first-order valence-corrected chi connectivity index (χ1v) is 19.4. The molecule has 1 fully saturated rings. The fourth-order valence-electron chi connectivity index (χ4n) is 3.49. The van der Waals surface area contributed by atoms with E-state index in [1.165, 1.54) is 27.6 Å². The molecule has 0 saturated heterocycles. The standard InChI is InChI=1S/C19H20NO2.3CH3.Sn/c1-21-18-9-8-16(7-6-15-10-12-20-13-11-15)14-19(18)22-17-4-2-3-5-17;;;;/h7-14,17H,2-5H2,1H3;3*1H3;. The number of nitrogens with zero attached hydrogens (tertiary/aromatic N) is 1. The molecule has 3 rings (SSSR count). The van der Waals surface area contributed by atoms with Gasteiger partial charge in [-0.3, -0.25) is 0 Å². The summed E-state index contributed by atoms with van der Waals surface area (Å²) in [5, 5.41) is 0. The second-order valence-electron chi connectivity index (χ2n) is 7.98. The van der Waals surface area contributed by atoms with Crippen molar-refractivity contribution in [1.29, 1.82) is 0 Å². The molecular weight excluding hydrogens is 429 g/mol. The summed E-state index contributed by atoms with van der Waals surface area (Å²) >= 11 is -2.32. The Balaban J connectivity index is 1.97. The summed E-state index contributed by atoms with van der Waals surface area (Å²) in [4.78, 5) is 11.5. The summed E-state index contributed by atoms with van der Waals surface area (Å²) in [7, 11) is 1.71. The number of hydrogen-bond acceptors (Lipinski definition) is 3. The van der Waals surface area contributed by atoms with E-state index in [1.807, 2.05) is 18.5 Å². The number of ether oxygens (including phenoxy) is 2. The Morgan fingerprint density at radius 3 is 2.35 bits per heavy atom. The monoisotopic (exact) mass is 459 g/mol. The van der Waals surface area contributed by atoms with Crippen molar-refractivity contribution < 1.29 is 9.47 Å². The van der Waals surface area contributed by atoms with Gasteiger partial charge in [0.25, 0.3) is 0 Å². The normalized spacial score (nSPS) is 15.9. The van der Waals surface area contributed by atoms with E-state index < -0.39 is 18.4 Å². The predicted molar refractivity (Wildman–Crippen MR) is 111 cm³/mol. The minimum atomic E-state index is -2.32. The van der Waals surface area contributed by atoms with Crippen LogP contribution < -0.4 is 9.47 Å². The fraction of sp³-hybridized carbons (Fsp3) is 0.409. The van der Waals surface area contributed by atoms with Crippen LogP contribution in [0.3, 0.4) is 0 Å². The Hall–Kier alpha value is -1.49. The van der Waals surface area contributed by atoms with Crippen molar-refractivity contribution in [2.75, 3.05) is 7.11 Å². The first-order valence-electron chi connectivity index (χ1n) is 9.44. The second kappa shape index (κ2) is 8.47. The van der Waals surface area contributed by atoms with Gasteiger partial charge in [0, 0.05) is 0 Å². The van der Waals surface area contributed by atoms with E-state index in [-0.39, 0.29) is 0 Å². The molecule has 4 heteroatoms. The molecule has 0 radical (unpaired) electrons. The molecule has 0 bridgehead atoms. The summed E-state index contributed by atoms with van der Waals surface area (Å²) in [5.74, 6) is 1.69. The van der Waals surface area contributed by atoms with Gasteiger partial charge < -0.3 is 0 Å². The molecule has 0 atom stereocenters. The van der Waals surface area contributed by atoms with Crippen LogP contribution in [0.1, 0.15) is 36.8 Å². The van der Waals surface area contributed by atoms with Crippen LogP contribution in [0.25, 0.3) is 9.67 Å². The Kier molecular flexibility index (Phi) is 6.28. The van der Waals surface area contributed by atoms with Gasteiger partial charge >= 0.3 is 162 Å². The minimum absolute atomic E-state index is 0.324. The molecule has 0 aliphatic heterocycles. The van der Waals surface area contributed by atoms with Crippen LogP contribution in [-0.2, 0) is 0 Å². The van der Waals surface area contributed by atoms with Gasteiger partial charge in [0.2, 0.25) is 0 Å². The van der Waals surface area contributed by atoms with Crippen LogP contribution in [-0.4, -0.2) is 36.6 Å². The van der Waals surface area contributed by atoms with E-state index in [4.69, 9.17) is 9.47 Å². The molecule has 3 nitrogen and oxygen atoms in total. The number of benzene rings is 1. The molecule has 2 aromatic rings. The van der Waals surface area contributed by atoms with Crippen molar-refractivity contribution in [2.24, 2.45) is 0 Å². The second-order valence-corrected chi connectivity index (χ2v) is 22.4. The van der Waals surface area contributed by atoms with Crippen molar-refractivity contribution in [1.82, 2.24) is 4.98 Å². The third-order valence-electron chi connectivity index (χ3n) is 4.89. The van der Waals surface area contributed by atoms with E-state index in [9.17, 15) is 0 Å². The van der Waals surface area contributed by atoms with E-state index >= 15 is 0 Å². The summed E-state index contributed by atoms with van der Waals surface area (Å²) in [5.41, 5.74) is 2.47. The van der Waals surface area contributed by atoms with Crippen molar-refractivity contribution in [3.05, 3.63) is 53.9 Å². The van der Waals surface area contributed by atoms with E-state index in [0.29, 0.717) is 6.10 Å². The molecule has 138 valence electrons. The molecular formula is C22H29NO2Sn. The molecule has 1 aliphatic rings. The average Bonchev–Trinajstić information content (AvgIpc) is 3.13. The Bertz CT molecular complexity index is 759. The summed E-state index contributed by atoms with van der Waals surface area (Å²) in [6.07, 6.45) is 11.2. The molecule has 0 amide bonds. The Labute approximate surface area is 161 Å². The summed E-state index contributed by atoms with van der Waals surface area (Å²) in [6.45, 7) is 0. The van der Waals surface area contributed by atoms with Crippen LogP contribution in [0.15, 0.2) is 42.7 Å². The maximum atomic E-state index is 6.26. The molecule has 1 heterocycles. The average molecular weight is 458 g/mol. The zero-order chi connectivity index (χ0) is 18.6. The van der Waals surface area contributed by atoms with Crippen molar-refractivity contribution >= 4 is 28.0 Å². The summed E-state index contributed by atoms with van der Waals surface area (Å²) < 4.78 is 13.3. The number of aromatic nitrogens is 1. The number of hydrogen-bond donors (Lipinski definition) is 0. The summed E-state index contributed by atoms with van der Waals surface area (Å²) in [6, 6.07) is 10.5. The van der Waals surface area contributed by atoms with E-state index in [0.717, 1.165) is 24.3 Å². The van der Waals surface area contributed by atoms with Crippen LogP contribution in [0, 0.1) is 0 Å². The molecule has 26 heavy (non-hydrogen) atoms. The van der Waals surface area contributed by atoms with Gasteiger partial charge in [-0.25, -0.2) is 0 Å². The number of rotatable bonds is 6.